The predicted octanol–water partition coefficient (Wildman–Crippen LogP) is 13.2. The highest BCUT2D eigenvalue weighted by Crippen LogP contribution is 2.63. The fourth-order valence-corrected chi connectivity index (χ4v) is 8.16. The molecule has 5 aromatic carbocycles. The van der Waals surface area contributed by atoms with E-state index in [-0.39, 0.29) is 17.7 Å². The van der Waals surface area contributed by atoms with Crippen molar-refractivity contribution in [2.75, 3.05) is 0 Å². The summed E-state index contributed by atoms with van der Waals surface area (Å²) < 4.78 is 115. The molecule has 3 unspecified atom stereocenters. The molecule has 0 aliphatic heterocycles. The van der Waals surface area contributed by atoms with E-state index in [4.69, 9.17) is 0 Å². The lowest BCUT2D eigenvalue weighted by Crippen LogP contribution is -2.34. The van der Waals surface area contributed by atoms with E-state index < -0.39 is 41.3 Å². The van der Waals surface area contributed by atoms with E-state index in [1.165, 1.54) is 61.5 Å². The number of ether oxygens (including phenoxy) is 2. The summed E-state index contributed by atoms with van der Waals surface area (Å²) in [6, 6.07) is 35.3. The van der Waals surface area contributed by atoms with Crippen LogP contribution in [-0.4, -0.2) is 18.3 Å². The molecule has 0 N–H and O–H groups in total. The van der Waals surface area contributed by atoms with Gasteiger partial charge in [-0.25, -0.2) is 8.78 Å². The molecule has 3 atom stereocenters. The molecule has 0 aromatic heterocycles. The van der Waals surface area contributed by atoms with Gasteiger partial charge in [-0.15, -0.1) is 26.3 Å². The van der Waals surface area contributed by atoms with Crippen molar-refractivity contribution in [3.05, 3.63) is 190 Å². The zero-order chi connectivity index (χ0) is 43.0. The van der Waals surface area contributed by atoms with E-state index >= 15 is 0 Å². The second-order valence-electron chi connectivity index (χ2n) is 14.7. The molecule has 0 spiro atoms. The summed E-state index contributed by atoms with van der Waals surface area (Å²) in [5, 5.41) is 21.2. The molecular formula is C48H32F8N2O2. The van der Waals surface area contributed by atoms with Crippen LogP contribution >= 0.6 is 0 Å². The molecule has 0 radical (unpaired) electrons. The lowest BCUT2D eigenvalue weighted by molar-refractivity contribution is -0.355. The first kappa shape index (κ1) is 41.4. The Bertz CT molecular complexity index is 2610. The van der Waals surface area contributed by atoms with Crippen LogP contribution in [0, 0.1) is 34.3 Å². The van der Waals surface area contributed by atoms with Crippen LogP contribution < -0.4 is 4.74 Å². The van der Waals surface area contributed by atoms with E-state index in [0.717, 1.165) is 0 Å². The Morgan fingerprint density at radius 1 is 0.633 bits per heavy atom. The first-order valence-corrected chi connectivity index (χ1v) is 18.5. The lowest BCUT2D eigenvalue weighted by atomic mass is 9.65. The third kappa shape index (κ3) is 8.38. The first-order valence-electron chi connectivity index (χ1n) is 18.5. The number of allylic oxidation sites excluding steroid dienone is 6. The minimum absolute atomic E-state index is 0.0457. The standard InChI is InChI=1S/C48H32F8N2O2/c1-45(60-48(54,55)56)25-23-32(24-26-45)30-7-15-37(16-8-30)46(2)43(35-11-19-39(50)20-12-35)41(34-9-17-38(49)18-10-34)42(44(46)36(27-57)28-58)33-5-3-29(4-6-33)31-13-21-40(22-14-31)59-47(51,52)53/h3-25,43H,26H2,1-2H3. The maximum Gasteiger partial charge on any atom is 0.573 e. The number of rotatable bonds is 8. The number of hydrogen-bond acceptors (Lipinski definition) is 4. The maximum absolute atomic E-state index is 14.6. The summed E-state index contributed by atoms with van der Waals surface area (Å²) >= 11 is 0. The SMILES string of the molecule is CC1(OC(F)(F)F)C=CC(c2ccc(C3(C)C(=C(C#N)C#N)C(c4ccc(-c5ccc(OC(F)(F)F)cc5)cc4)=C(c4ccc(F)cc4)C3c3ccc(F)cc3)cc2)=CC1. The highest BCUT2D eigenvalue weighted by atomic mass is 19.4. The fraction of sp³-hybridized carbons (Fsp3) is 0.167. The Hall–Kier alpha value is -6.76. The number of nitriles is 2. The highest BCUT2D eigenvalue weighted by Gasteiger charge is 2.52. The van der Waals surface area contributed by atoms with Crippen molar-refractivity contribution < 1.29 is 44.6 Å². The molecule has 4 nitrogen and oxygen atoms in total. The Balaban J connectivity index is 1.40. The van der Waals surface area contributed by atoms with Gasteiger partial charge in [-0.05, 0) is 111 Å². The van der Waals surface area contributed by atoms with Gasteiger partial charge in [0.15, 0.2) is 0 Å². The minimum Gasteiger partial charge on any atom is -0.406 e. The molecular weight excluding hydrogens is 789 g/mol. The lowest BCUT2D eigenvalue weighted by Gasteiger charge is -2.36. The summed E-state index contributed by atoms with van der Waals surface area (Å²) in [5.41, 5.74) is 3.30. The maximum atomic E-state index is 14.6. The highest BCUT2D eigenvalue weighted by molar-refractivity contribution is 6.08. The van der Waals surface area contributed by atoms with E-state index in [2.05, 4.69) is 21.6 Å². The summed E-state index contributed by atoms with van der Waals surface area (Å²) in [6.07, 6.45) is -5.17. The van der Waals surface area contributed by atoms with Crippen molar-refractivity contribution in [1.82, 2.24) is 0 Å². The predicted molar refractivity (Wildman–Crippen MR) is 210 cm³/mol. The summed E-state index contributed by atoms with van der Waals surface area (Å²) in [7, 11) is 0. The quantitative estimate of drug-likeness (QED) is 0.116. The first-order chi connectivity index (χ1) is 28.4. The van der Waals surface area contributed by atoms with Gasteiger partial charge in [0.2, 0.25) is 0 Å². The van der Waals surface area contributed by atoms with Crippen molar-refractivity contribution >= 4 is 16.7 Å². The molecule has 5 aromatic rings. The topological polar surface area (TPSA) is 66.0 Å². The van der Waals surface area contributed by atoms with Crippen LogP contribution in [0.25, 0.3) is 27.8 Å². The summed E-state index contributed by atoms with van der Waals surface area (Å²) in [4.78, 5) is 0. The van der Waals surface area contributed by atoms with Crippen LogP contribution in [-0.2, 0) is 10.2 Å². The molecule has 0 fully saturated rings. The van der Waals surface area contributed by atoms with Crippen LogP contribution in [0.1, 0.15) is 54.0 Å². The normalized spacial score (nSPS) is 20.4. The minimum atomic E-state index is -4.86. The molecule has 60 heavy (non-hydrogen) atoms. The molecule has 0 heterocycles. The number of alkyl halides is 6. The molecule has 0 saturated carbocycles. The van der Waals surface area contributed by atoms with Gasteiger partial charge < -0.3 is 4.74 Å². The molecule has 0 bridgehead atoms. The van der Waals surface area contributed by atoms with Gasteiger partial charge in [-0.1, -0.05) is 110 Å². The largest absolute Gasteiger partial charge is 0.573 e. The van der Waals surface area contributed by atoms with Gasteiger partial charge in [0.05, 0.1) is 5.60 Å². The van der Waals surface area contributed by atoms with Crippen LogP contribution in [0.3, 0.4) is 0 Å². The molecule has 7 rings (SSSR count). The van der Waals surface area contributed by atoms with Gasteiger partial charge in [-0.3, -0.25) is 4.74 Å². The molecule has 302 valence electrons. The summed E-state index contributed by atoms with van der Waals surface area (Å²) in [6.45, 7) is 3.21. The Labute approximate surface area is 340 Å². The Morgan fingerprint density at radius 2 is 1.13 bits per heavy atom. The Kier molecular flexibility index (Phi) is 10.9. The van der Waals surface area contributed by atoms with E-state index in [9.17, 15) is 45.6 Å². The van der Waals surface area contributed by atoms with Gasteiger partial charge in [-0.2, -0.15) is 10.5 Å². The molecule has 2 aliphatic rings. The zero-order valence-corrected chi connectivity index (χ0v) is 31.8. The smallest absolute Gasteiger partial charge is 0.406 e. The van der Waals surface area contributed by atoms with Crippen molar-refractivity contribution in [1.29, 1.82) is 10.5 Å². The second-order valence-corrected chi connectivity index (χ2v) is 14.7. The monoisotopic (exact) mass is 820 g/mol. The van der Waals surface area contributed by atoms with Crippen molar-refractivity contribution in [2.24, 2.45) is 0 Å². The van der Waals surface area contributed by atoms with Crippen molar-refractivity contribution in [3.63, 3.8) is 0 Å². The van der Waals surface area contributed by atoms with Crippen LogP contribution in [0.4, 0.5) is 35.1 Å². The second kappa shape index (κ2) is 15.8. The molecule has 0 amide bonds. The van der Waals surface area contributed by atoms with Crippen LogP contribution in [0.2, 0.25) is 0 Å². The van der Waals surface area contributed by atoms with Crippen molar-refractivity contribution in [2.45, 2.75) is 49.9 Å². The molecule has 0 saturated heterocycles. The van der Waals surface area contributed by atoms with E-state index in [1.54, 1.807) is 72.8 Å². The van der Waals surface area contributed by atoms with Crippen molar-refractivity contribution in [3.8, 4) is 29.0 Å². The van der Waals surface area contributed by atoms with Crippen LogP contribution in [0.5, 0.6) is 5.75 Å². The molecule has 12 heteroatoms. The fourth-order valence-electron chi connectivity index (χ4n) is 8.16. The third-order valence-corrected chi connectivity index (χ3v) is 10.8. The molecule has 2 aliphatic carbocycles. The van der Waals surface area contributed by atoms with E-state index in [0.29, 0.717) is 61.2 Å². The van der Waals surface area contributed by atoms with Gasteiger partial charge in [0.1, 0.15) is 35.1 Å². The van der Waals surface area contributed by atoms with E-state index in [1.807, 2.05) is 19.1 Å². The number of hydrogen-bond donors (Lipinski definition) is 0. The van der Waals surface area contributed by atoms with Gasteiger partial charge in [0, 0.05) is 11.3 Å². The number of nitrogens with zero attached hydrogens (tertiary/aromatic N) is 2. The number of halogens is 8. The zero-order valence-electron chi connectivity index (χ0n) is 31.8. The van der Waals surface area contributed by atoms with Gasteiger partial charge >= 0.3 is 12.7 Å². The summed E-state index contributed by atoms with van der Waals surface area (Å²) in [5.74, 6) is -2.11. The van der Waals surface area contributed by atoms with Gasteiger partial charge in [0.25, 0.3) is 0 Å². The average molecular weight is 821 g/mol. The third-order valence-electron chi connectivity index (χ3n) is 10.8. The van der Waals surface area contributed by atoms with Crippen LogP contribution in [0.15, 0.2) is 151 Å². The average Bonchev–Trinajstić information content (AvgIpc) is 3.48. The Morgan fingerprint density at radius 3 is 1.63 bits per heavy atom. The number of benzene rings is 5.